The Morgan fingerprint density at radius 3 is 1.44 bits per heavy atom. The van der Waals surface area contributed by atoms with Gasteiger partial charge in [-0.25, -0.2) is 24.3 Å². The van der Waals surface area contributed by atoms with Gasteiger partial charge in [-0.15, -0.1) is 0 Å². The van der Waals surface area contributed by atoms with Gasteiger partial charge < -0.3 is 0 Å². The molecule has 1 aromatic carbocycles. The second kappa shape index (κ2) is 12.5. The van der Waals surface area contributed by atoms with Crippen molar-refractivity contribution in [2.45, 2.75) is 131 Å². The summed E-state index contributed by atoms with van der Waals surface area (Å²) in [4.78, 5) is 36.6. The van der Waals surface area contributed by atoms with E-state index in [-0.39, 0.29) is 27.8 Å². The maximum absolute atomic E-state index is 11.0. The first kappa shape index (κ1) is 32.5. The molecule has 0 atom stereocenters. The predicted molar refractivity (Wildman–Crippen MR) is 134 cm³/mol. The van der Waals surface area contributed by atoms with Crippen molar-refractivity contribution < 1.29 is 34.5 Å². The third-order valence-corrected chi connectivity index (χ3v) is 4.41. The second-order valence-corrected chi connectivity index (χ2v) is 12.8. The van der Waals surface area contributed by atoms with Crippen molar-refractivity contribution in [2.24, 2.45) is 0 Å². The molecule has 0 aliphatic rings. The minimum absolute atomic E-state index is 0.0221. The lowest BCUT2D eigenvalue weighted by Crippen LogP contribution is -2.35. The molecule has 198 valence electrons. The predicted octanol–water partition coefficient (Wildman–Crippen LogP) is 7.43. The molecule has 1 N–H and O–H groups in total. The first-order chi connectivity index (χ1) is 15.1. The Balaban J connectivity index is 0.000000679. The highest BCUT2D eigenvalue weighted by Crippen LogP contribution is 2.28. The van der Waals surface area contributed by atoms with E-state index in [2.05, 4.69) is 25.7 Å². The number of carbonyl (C=O) groups excluding carboxylic acids is 1. The van der Waals surface area contributed by atoms with Gasteiger partial charge in [-0.3, -0.25) is 4.89 Å². The summed E-state index contributed by atoms with van der Waals surface area (Å²) < 4.78 is 0. The number of benzene rings is 1. The monoisotopic (exact) mass is 484 g/mol. The molecule has 0 aliphatic carbocycles. The van der Waals surface area contributed by atoms with Gasteiger partial charge in [0.25, 0.3) is 0 Å². The molecule has 0 bridgehead atoms. The zero-order chi connectivity index (χ0) is 27.0. The van der Waals surface area contributed by atoms with Crippen molar-refractivity contribution in [1.82, 2.24) is 0 Å². The summed E-state index contributed by atoms with van der Waals surface area (Å²) in [6.07, 6.45) is 1.62. The van der Waals surface area contributed by atoms with Gasteiger partial charge >= 0.3 is 5.97 Å². The Morgan fingerprint density at radius 2 is 1.12 bits per heavy atom. The van der Waals surface area contributed by atoms with Crippen molar-refractivity contribution in [2.75, 3.05) is 0 Å². The van der Waals surface area contributed by atoms with Gasteiger partial charge in [0.15, 0.2) is 0 Å². The van der Waals surface area contributed by atoms with Crippen LogP contribution in [0.2, 0.25) is 0 Å². The highest BCUT2D eigenvalue weighted by Gasteiger charge is 2.30. The fraction of sp³-hybridized carbons (Fsp3) is 0.741. The molecule has 0 amide bonds. The van der Waals surface area contributed by atoms with Crippen LogP contribution in [-0.4, -0.2) is 33.6 Å². The molecule has 0 aromatic heterocycles. The third-order valence-electron chi connectivity index (χ3n) is 4.41. The minimum atomic E-state index is -0.726. The standard InChI is InChI=1S/C16H34O4.C11H14O3/c1-13(2,3)17-19-15(7,8)11-12-16(9,10)20-18-14(4,5)6;1-11(2,3)9-6-4-5-8(7-9)10(12)14-13/h11-12H2,1-10H3;4-7,13H,1-3H3. The summed E-state index contributed by atoms with van der Waals surface area (Å²) in [6.45, 7) is 26.0. The maximum Gasteiger partial charge on any atom is 0.372 e. The number of rotatable bonds is 8. The fourth-order valence-electron chi connectivity index (χ4n) is 2.33. The van der Waals surface area contributed by atoms with Crippen LogP contribution in [0.3, 0.4) is 0 Å². The van der Waals surface area contributed by atoms with E-state index in [1.165, 1.54) is 0 Å². The molecule has 0 heterocycles. The lowest BCUT2D eigenvalue weighted by atomic mass is 9.86. The average Bonchev–Trinajstić information content (AvgIpc) is 2.68. The van der Waals surface area contributed by atoms with Crippen LogP contribution in [0.25, 0.3) is 0 Å². The van der Waals surface area contributed by atoms with E-state index in [9.17, 15) is 4.79 Å². The molecular weight excluding hydrogens is 436 g/mol. The molecule has 0 saturated heterocycles. The van der Waals surface area contributed by atoms with Crippen molar-refractivity contribution in [3.05, 3.63) is 35.4 Å². The lowest BCUT2D eigenvalue weighted by Gasteiger charge is -2.33. The van der Waals surface area contributed by atoms with E-state index in [0.717, 1.165) is 18.4 Å². The molecule has 0 aliphatic heterocycles. The second-order valence-electron chi connectivity index (χ2n) is 12.8. The van der Waals surface area contributed by atoms with Crippen molar-refractivity contribution in [3.8, 4) is 0 Å². The molecule has 0 radical (unpaired) electrons. The zero-order valence-corrected chi connectivity index (χ0v) is 23.6. The molecule has 34 heavy (non-hydrogen) atoms. The first-order valence-electron chi connectivity index (χ1n) is 11.8. The van der Waals surface area contributed by atoms with E-state index >= 15 is 0 Å². The first-order valence-corrected chi connectivity index (χ1v) is 11.8. The SMILES string of the molecule is CC(C)(C)OOC(C)(C)CCC(C)(C)OOC(C)(C)C.CC(C)(C)c1cccc(C(=O)OO)c1. The van der Waals surface area contributed by atoms with Crippen LogP contribution in [0.4, 0.5) is 0 Å². The number of hydrogen-bond acceptors (Lipinski definition) is 7. The quantitative estimate of drug-likeness (QED) is 0.303. The normalized spacial score (nSPS) is 13.2. The minimum Gasteiger partial charge on any atom is -0.296 e. The summed E-state index contributed by atoms with van der Waals surface area (Å²) in [5.74, 6) is -0.726. The highest BCUT2D eigenvalue weighted by atomic mass is 17.2. The van der Waals surface area contributed by atoms with Gasteiger partial charge in [0, 0.05) is 0 Å². The van der Waals surface area contributed by atoms with E-state index < -0.39 is 5.97 Å². The zero-order valence-electron chi connectivity index (χ0n) is 23.6. The summed E-state index contributed by atoms with van der Waals surface area (Å²) in [7, 11) is 0. The van der Waals surface area contributed by atoms with Crippen LogP contribution in [0, 0.1) is 0 Å². The van der Waals surface area contributed by atoms with E-state index in [0.29, 0.717) is 5.56 Å². The van der Waals surface area contributed by atoms with Crippen molar-refractivity contribution in [1.29, 1.82) is 0 Å². The van der Waals surface area contributed by atoms with Crippen LogP contribution in [0.15, 0.2) is 24.3 Å². The maximum atomic E-state index is 11.0. The van der Waals surface area contributed by atoms with Gasteiger partial charge in [-0.2, -0.15) is 5.26 Å². The topological polar surface area (TPSA) is 83.5 Å². The van der Waals surface area contributed by atoms with E-state index in [1.54, 1.807) is 18.2 Å². The molecule has 1 rings (SSSR count). The smallest absolute Gasteiger partial charge is 0.296 e. The fourth-order valence-corrected chi connectivity index (χ4v) is 2.33. The Labute approximate surface area is 206 Å². The van der Waals surface area contributed by atoms with Crippen LogP contribution >= 0.6 is 0 Å². The van der Waals surface area contributed by atoms with E-state index in [1.807, 2.05) is 75.3 Å². The van der Waals surface area contributed by atoms with Gasteiger partial charge in [-0.1, -0.05) is 32.9 Å². The molecule has 0 spiro atoms. The Bertz CT molecular complexity index is 717. The van der Waals surface area contributed by atoms with Crippen molar-refractivity contribution in [3.63, 3.8) is 0 Å². The molecule has 0 fully saturated rings. The molecular formula is C27H48O7. The number of carbonyl (C=O) groups is 1. The van der Waals surface area contributed by atoms with Crippen molar-refractivity contribution >= 4 is 5.97 Å². The Kier molecular flexibility index (Phi) is 11.9. The van der Waals surface area contributed by atoms with Crippen LogP contribution in [-0.2, 0) is 29.9 Å². The Hall–Kier alpha value is -1.51. The summed E-state index contributed by atoms with van der Waals surface area (Å²) in [5.41, 5.74) is 0.0224. The molecule has 0 unspecified atom stereocenters. The van der Waals surface area contributed by atoms with Crippen LogP contribution in [0.5, 0.6) is 0 Å². The summed E-state index contributed by atoms with van der Waals surface area (Å²) in [5, 5.41) is 8.23. The van der Waals surface area contributed by atoms with Gasteiger partial charge in [0.05, 0.1) is 28.0 Å². The van der Waals surface area contributed by atoms with Gasteiger partial charge in [-0.05, 0) is 105 Å². The van der Waals surface area contributed by atoms with Crippen LogP contribution < -0.4 is 0 Å². The third kappa shape index (κ3) is 15.4. The van der Waals surface area contributed by atoms with Gasteiger partial charge in [0.1, 0.15) is 0 Å². The molecule has 7 heteroatoms. The Morgan fingerprint density at radius 1 is 0.706 bits per heavy atom. The summed E-state index contributed by atoms with van der Waals surface area (Å²) >= 11 is 0. The van der Waals surface area contributed by atoms with E-state index in [4.69, 9.17) is 24.8 Å². The highest BCUT2D eigenvalue weighted by molar-refractivity contribution is 5.89. The average molecular weight is 485 g/mol. The summed E-state index contributed by atoms with van der Waals surface area (Å²) in [6, 6.07) is 7.04. The van der Waals surface area contributed by atoms with Gasteiger partial charge in [0.2, 0.25) is 0 Å². The largest absolute Gasteiger partial charge is 0.372 e. The number of hydrogen-bond donors (Lipinski definition) is 1. The molecule has 1 aromatic rings. The molecule has 7 nitrogen and oxygen atoms in total. The lowest BCUT2D eigenvalue weighted by molar-refractivity contribution is -0.410. The molecule has 0 saturated carbocycles. The van der Waals surface area contributed by atoms with Crippen LogP contribution in [0.1, 0.15) is 119 Å².